The third-order valence-electron chi connectivity index (χ3n) is 3.25. The van der Waals surface area contributed by atoms with Crippen LogP contribution in [-0.2, 0) is 19.9 Å². The van der Waals surface area contributed by atoms with Gasteiger partial charge in [0.15, 0.2) is 0 Å². The van der Waals surface area contributed by atoms with Crippen LogP contribution in [-0.4, -0.2) is 27.4 Å². The molecule has 0 fully saturated rings. The molecule has 1 unspecified atom stereocenters. The van der Waals surface area contributed by atoms with Gasteiger partial charge in [-0.05, 0) is 32.4 Å². The second-order valence-corrected chi connectivity index (χ2v) is 5.77. The van der Waals surface area contributed by atoms with E-state index in [2.05, 4.69) is 40.7 Å². The smallest absolute Gasteiger partial charge is 0.0943 e. The van der Waals surface area contributed by atoms with Crippen molar-refractivity contribution >= 4 is 11.3 Å². The van der Waals surface area contributed by atoms with Crippen LogP contribution in [0.4, 0.5) is 0 Å². The monoisotopic (exact) mass is 278 g/mol. The molecule has 0 aromatic carbocycles. The second-order valence-electron chi connectivity index (χ2n) is 4.83. The molecule has 0 saturated heterocycles. The number of thiazole rings is 1. The lowest BCUT2D eigenvalue weighted by Crippen LogP contribution is -2.31. The normalized spacial score (nSPS) is 12.8. The lowest BCUT2D eigenvalue weighted by Gasteiger charge is -2.16. The van der Waals surface area contributed by atoms with Gasteiger partial charge >= 0.3 is 0 Å². The van der Waals surface area contributed by atoms with Gasteiger partial charge < -0.3 is 5.32 Å². The van der Waals surface area contributed by atoms with Gasteiger partial charge in [0.25, 0.3) is 0 Å². The third-order valence-corrected chi connectivity index (χ3v) is 4.24. The van der Waals surface area contributed by atoms with Gasteiger partial charge in [0.1, 0.15) is 0 Å². The number of aromatic nitrogens is 3. The number of nitrogens with zero attached hydrogens (tertiary/aromatic N) is 3. The minimum absolute atomic E-state index is 0.491. The van der Waals surface area contributed by atoms with E-state index in [0.29, 0.717) is 6.04 Å². The Morgan fingerprint density at radius 3 is 2.89 bits per heavy atom. The number of aryl methyl sites for hydroxylation is 3. The molecule has 0 radical (unpaired) electrons. The van der Waals surface area contributed by atoms with Crippen molar-refractivity contribution in [3.8, 4) is 0 Å². The van der Waals surface area contributed by atoms with E-state index in [9.17, 15) is 0 Å². The summed E-state index contributed by atoms with van der Waals surface area (Å²) in [5.74, 6) is 0. The fourth-order valence-electron chi connectivity index (χ4n) is 2.24. The molecule has 1 N–H and O–H groups in total. The summed E-state index contributed by atoms with van der Waals surface area (Å²) in [5, 5.41) is 11.1. The summed E-state index contributed by atoms with van der Waals surface area (Å²) in [6, 6.07) is 2.58. The molecule has 2 aromatic heterocycles. The quantitative estimate of drug-likeness (QED) is 0.845. The minimum atomic E-state index is 0.491. The molecule has 0 aliphatic heterocycles. The Labute approximate surface area is 118 Å². The fraction of sp³-hybridized carbons (Fsp3) is 0.571. The van der Waals surface area contributed by atoms with Crippen molar-refractivity contribution in [1.82, 2.24) is 20.1 Å². The van der Waals surface area contributed by atoms with Gasteiger partial charge in [-0.3, -0.25) is 4.68 Å². The third kappa shape index (κ3) is 4.14. The molecule has 104 valence electrons. The summed E-state index contributed by atoms with van der Waals surface area (Å²) in [5.41, 5.74) is 2.42. The Bertz CT molecular complexity index is 503. The highest BCUT2D eigenvalue weighted by molar-refractivity contribution is 7.09. The van der Waals surface area contributed by atoms with Crippen LogP contribution in [0.5, 0.6) is 0 Å². The van der Waals surface area contributed by atoms with E-state index in [1.807, 2.05) is 17.9 Å². The average molecular weight is 278 g/mol. The highest BCUT2D eigenvalue weighted by Crippen LogP contribution is 2.14. The van der Waals surface area contributed by atoms with Crippen molar-refractivity contribution in [2.75, 3.05) is 6.54 Å². The van der Waals surface area contributed by atoms with E-state index in [1.165, 1.54) is 10.7 Å². The van der Waals surface area contributed by atoms with Crippen LogP contribution in [0.25, 0.3) is 0 Å². The summed E-state index contributed by atoms with van der Waals surface area (Å²) in [6.07, 6.45) is 5.05. The molecule has 4 nitrogen and oxygen atoms in total. The molecule has 19 heavy (non-hydrogen) atoms. The van der Waals surface area contributed by atoms with Crippen LogP contribution in [0.15, 0.2) is 17.6 Å². The highest BCUT2D eigenvalue weighted by Gasteiger charge is 2.12. The SMILES string of the molecule is CCNC(CCc1ccnn1C)Cc1nc(C)cs1. The van der Waals surface area contributed by atoms with Crippen LogP contribution in [0, 0.1) is 6.92 Å². The molecule has 2 heterocycles. The topological polar surface area (TPSA) is 42.7 Å². The molecular formula is C14H22N4S. The fourth-order valence-corrected chi connectivity index (χ4v) is 3.09. The second kappa shape index (κ2) is 6.82. The predicted octanol–water partition coefficient (Wildman–Crippen LogP) is 2.34. The Hall–Kier alpha value is -1.20. The molecule has 5 heteroatoms. The average Bonchev–Trinajstić information content (AvgIpc) is 2.96. The highest BCUT2D eigenvalue weighted by atomic mass is 32.1. The first kappa shape index (κ1) is 14.2. The number of nitrogens with one attached hydrogen (secondary N) is 1. The molecule has 0 bridgehead atoms. The lowest BCUT2D eigenvalue weighted by atomic mass is 10.1. The largest absolute Gasteiger partial charge is 0.314 e. The summed E-state index contributed by atoms with van der Waals surface area (Å²) in [7, 11) is 2.00. The van der Waals surface area contributed by atoms with Gasteiger partial charge in [-0.2, -0.15) is 5.10 Å². The van der Waals surface area contributed by atoms with Gasteiger partial charge in [0.05, 0.1) is 5.01 Å². The standard InChI is InChI=1S/C14H22N4S/c1-4-15-12(9-14-17-11(2)10-19-14)5-6-13-7-8-16-18(13)3/h7-8,10,12,15H,4-6,9H2,1-3H3. The zero-order valence-electron chi connectivity index (χ0n) is 11.9. The van der Waals surface area contributed by atoms with Crippen molar-refractivity contribution in [1.29, 1.82) is 0 Å². The maximum atomic E-state index is 4.56. The first-order chi connectivity index (χ1) is 9.19. The zero-order chi connectivity index (χ0) is 13.7. The molecule has 0 amide bonds. The van der Waals surface area contributed by atoms with E-state index in [-0.39, 0.29) is 0 Å². The van der Waals surface area contributed by atoms with Crippen LogP contribution in [0.3, 0.4) is 0 Å². The van der Waals surface area contributed by atoms with Crippen LogP contribution < -0.4 is 5.32 Å². The van der Waals surface area contributed by atoms with E-state index >= 15 is 0 Å². The molecule has 0 aliphatic rings. The summed E-state index contributed by atoms with van der Waals surface area (Å²) in [4.78, 5) is 4.56. The Morgan fingerprint density at radius 2 is 2.32 bits per heavy atom. The lowest BCUT2D eigenvalue weighted by molar-refractivity contribution is 0.483. The minimum Gasteiger partial charge on any atom is -0.314 e. The van der Waals surface area contributed by atoms with Crippen molar-refractivity contribution in [2.45, 2.75) is 39.2 Å². The molecule has 0 aliphatic carbocycles. The van der Waals surface area contributed by atoms with Crippen molar-refractivity contribution < 1.29 is 0 Å². The van der Waals surface area contributed by atoms with Crippen molar-refractivity contribution in [3.63, 3.8) is 0 Å². The van der Waals surface area contributed by atoms with E-state index in [0.717, 1.165) is 31.5 Å². The predicted molar refractivity (Wildman–Crippen MR) is 79.5 cm³/mol. The van der Waals surface area contributed by atoms with Gasteiger partial charge in [0, 0.05) is 42.5 Å². The Kier molecular flexibility index (Phi) is 5.10. The van der Waals surface area contributed by atoms with E-state index in [4.69, 9.17) is 0 Å². The summed E-state index contributed by atoms with van der Waals surface area (Å²) < 4.78 is 1.95. The van der Waals surface area contributed by atoms with Gasteiger partial charge in [0.2, 0.25) is 0 Å². The first-order valence-corrected chi connectivity index (χ1v) is 7.68. The van der Waals surface area contributed by atoms with Crippen molar-refractivity contribution in [3.05, 3.63) is 34.0 Å². The van der Waals surface area contributed by atoms with E-state index in [1.54, 1.807) is 11.3 Å². The Balaban J connectivity index is 1.90. The summed E-state index contributed by atoms with van der Waals surface area (Å²) in [6.45, 7) is 5.21. The van der Waals surface area contributed by atoms with Gasteiger partial charge in [-0.25, -0.2) is 4.98 Å². The van der Waals surface area contributed by atoms with Gasteiger partial charge in [-0.1, -0.05) is 6.92 Å². The number of hydrogen-bond donors (Lipinski definition) is 1. The number of rotatable bonds is 7. The molecule has 1 atom stereocenters. The molecular weight excluding hydrogens is 256 g/mol. The maximum Gasteiger partial charge on any atom is 0.0943 e. The Morgan fingerprint density at radius 1 is 1.47 bits per heavy atom. The van der Waals surface area contributed by atoms with Crippen LogP contribution in [0.2, 0.25) is 0 Å². The molecule has 0 spiro atoms. The van der Waals surface area contributed by atoms with Crippen molar-refractivity contribution in [2.24, 2.45) is 7.05 Å². The number of hydrogen-bond acceptors (Lipinski definition) is 4. The van der Waals surface area contributed by atoms with Gasteiger partial charge in [-0.15, -0.1) is 11.3 Å². The van der Waals surface area contributed by atoms with Crippen LogP contribution >= 0.6 is 11.3 Å². The maximum absolute atomic E-state index is 4.56. The van der Waals surface area contributed by atoms with Crippen LogP contribution in [0.1, 0.15) is 29.7 Å². The number of likely N-dealkylation sites (N-methyl/N-ethyl adjacent to an activating group) is 1. The van der Waals surface area contributed by atoms with E-state index < -0.39 is 0 Å². The first-order valence-electron chi connectivity index (χ1n) is 6.80. The zero-order valence-corrected chi connectivity index (χ0v) is 12.7. The molecule has 0 saturated carbocycles. The molecule has 2 aromatic rings. The molecule has 2 rings (SSSR count). The summed E-state index contributed by atoms with van der Waals surface area (Å²) >= 11 is 1.76.